The molecule has 7 nitrogen and oxygen atoms in total. The Morgan fingerprint density at radius 2 is 1.77 bits per heavy atom. The zero-order chi connectivity index (χ0) is 18.4. The fourth-order valence-electron chi connectivity index (χ4n) is 3.42. The summed E-state index contributed by atoms with van der Waals surface area (Å²) in [4.78, 5) is 23.9. The Bertz CT molecular complexity index is 1090. The lowest BCUT2D eigenvalue weighted by Gasteiger charge is -2.25. The molecule has 0 radical (unpaired) electrons. The van der Waals surface area contributed by atoms with Crippen molar-refractivity contribution < 1.29 is 14.5 Å². The van der Waals surface area contributed by atoms with Gasteiger partial charge in [-0.1, -0.05) is 42.5 Å². The number of para-hydroxylation sites is 1. The third-order valence-electron chi connectivity index (χ3n) is 4.53. The minimum atomic E-state index is -0.953. The molecule has 7 heteroatoms. The Labute approximate surface area is 147 Å². The molecule has 2 aromatic rings. The van der Waals surface area contributed by atoms with E-state index >= 15 is 0 Å². The molecular formula is C19H11N3O4. The molecule has 0 aromatic heterocycles. The van der Waals surface area contributed by atoms with Gasteiger partial charge in [0.2, 0.25) is 5.88 Å². The summed E-state index contributed by atoms with van der Waals surface area (Å²) in [6.07, 6.45) is 0. The first-order chi connectivity index (χ1) is 12.5. The Morgan fingerprint density at radius 3 is 2.46 bits per heavy atom. The van der Waals surface area contributed by atoms with Crippen LogP contribution >= 0.6 is 0 Å². The van der Waals surface area contributed by atoms with Gasteiger partial charge in [-0.15, -0.1) is 0 Å². The fraction of sp³-hybridized carbons (Fsp3) is 0.0526. The van der Waals surface area contributed by atoms with E-state index < -0.39 is 10.8 Å². The van der Waals surface area contributed by atoms with Crippen LogP contribution in [0.1, 0.15) is 27.4 Å². The van der Waals surface area contributed by atoms with Gasteiger partial charge in [0.15, 0.2) is 5.78 Å². The summed E-state index contributed by atoms with van der Waals surface area (Å²) in [5, 5.41) is 21.1. The number of allylic oxidation sites excluding steroid dienone is 2. The van der Waals surface area contributed by atoms with Gasteiger partial charge in [0, 0.05) is 22.8 Å². The van der Waals surface area contributed by atoms with Crippen LogP contribution in [-0.2, 0) is 4.74 Å². The maximum absolute atomic E-state index is 13.0. The number of Topliss-reactive ketones (excluding diaryl/α,β-unsaturated/α-hetero) is 1. The number of carbonyl (C=O) groups is 1. The largest absolute Gasteiger partial charge is 0.439 e. The summed E-state index contributed by atoms with van der Waals surface area (Å²) in [7, 11) is 0. The van der Waals surface area contributed by atoms with E-state index in [9.17, 15) is 20.2 Å². The fourth-order valence-corrected chi connectivity index (χ4v) is 3.42. The number of carbonyl (C=O) groups excluding carboxylic acids is 1. The van der Waals surface area contributed by atoms with Gasteiger partial charge in [0.1, 0.15) is 17.4 Å². The number of benzene rings is 2. The first-order valence-electron chi connectivity index (χ1n) is 7.73. The topological polar surface area (TPSA) is 119 Å². The number of nitriles is 1. The van der Waals surface area contributed by atoms with Crippen LogP contribution in [0.25, 0.3) is 5.76 Å². The van der Waals surface area contributed by atoms with Crippen LogP contribution < -0.4 is 5.73 Å². The number of nitro benzene ring substituents is 1. The van der Waals surface area contributed by atoms with Crippen molar-refractivity contribution in [3.63, 3.8) is 0 Å². The number of fused-ring (bicyclic) bond motifs is 2. The van der Waals surface area contributed by atoms with E-state index in [4.69, 9.17) is 10.5 Å². The SMILES string of the molecule is N#CC1=C(N)OC2=C(C(=O)c3ccccc32)C1c1ccccc1[N+](=O)[O-]. The first-order valence-corrected chi connectivity index (χ1v) is 7.73. The van der Waals surface area contributed by atoms with Gasteiger partial charge in [-0.05, 0) is 0 Å². The predicted octanol–water partition coefficient (Wildman–Crippen LogP) is 3.01. The lowest BCUT2D eigenvalue weighted by molar-refractivity contribution is -0.385. The van der Waals surface area contributed by atoms with Gasteiger partial charge < -0.3 is 10.5 Å². The Hall–Kier alpha value is -3.92. The van der Waals surface area contributed by atoms with Crippen LogP contribution in [0.5, 0.6) is 0 Å². The minimum Gasteiger partial charge on any atom is -0.439 e. The molecule has 2 N–H and O–H groups in total. The van der Waals surface area contributed by atoms with Crippen molar-refractivity contribution in [1.29, 1.82) is 5.26 Å². The molecule has 0 amide bonds. The van der Waals surface area contributed by atoms with Gasteiger partial charge >= 0.3 is 0 Å². The Kier molecular flexibility index (Phi) is 3.34. The number of ketones is 1. The monoisotopic (exact) mass is 345 g/mol. The van der Waals surface area contributed by atoms with E-state index in [0.29, 0.717) is 11.1 Å². The van der Waals surface area contributed by atoms with Crippen LogP contribution in [0, 0.1) is 21.4 Å². The summed E-state index contributed by atoms with van der Waals surface area (Å²) in [6, 6.07) is 14.8. The second-order valence-corrected chi connectivity index (χ2v) is 5.86. The highest BCUT2D eigenvalue weighted by Gasteiger charge is 2.44. The number of rotatable bonds is 2. The predicted molar refractivity (Wildman–Crippen MR) is 91.4 cm³/mol. The molecule has 2 aromatic carbocycles. The molecule has 1 heterocycles. The molecule has 126 valence electrons. The molecule has 0 saturated heterocycles. The first kappa shape index (κ1) is 15.6. The summed E-state index contributed by atoms with van der Waals surface area (Å²) in [5.41, 5.74) is 7.14. The average molecular weight is 345 g/mol. The van der Waals surface area contributed by atoms with Crippen molar-refractivity contribution in [3.8, 4) is 6.07 Å². The van der Waals surface area contributed by atoms with Crippen LogP contribution in [0.2, 0.25) is 0 Å². The zero-order valence-electron chi connectivity index (χ0n) is 13.3. The van der Waals surface area contributed by atoms with E-state index in [-0.39, 0.29) is 39.8 Å². The molecule has 0 spiro atoms. The Morgan fingerprint density at radius 1 is 1.12 bits per heavy atom. The number of hydrogen-bond donors (Lipinski definition) is 1. The summed E-state index contributed by atoms with van der Waals surface area (Å²) in [5.74, 6) is -1.17. The standard InChI is InChI=1S/C19H11N3O4/c20-9-13-15(12-7-3-4-8-14(12)22(24)25)16-17(23)10-5-1-2-6-11(10)18(16)26-19(13)21/h1-8,15H,21H2. The number of hydrogen-bond acceptors (Lipinski definition) is 6. The molecular weight excluding hydrogens is 334 g/mol. The highest BCUT2D eigenvalue weighted by Crippen LogP contribution is 2.49. The molecule has 4 rings (SSSR count). The van der Waals surface area contributed by atoms with Crippen LogP contribution in [0.4, 0.5) is 5.69 Å². The molecule has 1 aliphatic heterocycles. The smallest absolute Gasteiger partial charge is 0.273 e. The molecule has 0 bridgehead atoms. The third kappa shape index (κ3) is 2.03. The van der Waals surface area contributed by atoms with Gasteiger partial charge in [0.05, 0.1) is 16.4 Å². The maximum Gasteiger partial charge on any atom is 0.273 e. The highest BCUT2D eigenvalue weighted by atomic mass is 16.6. The minimum absolute atomic E-state index is 0.0146. The number of nitrogens with two attached hydrogens (primary N) is 1. The Balaban J connectivity index is 2.01. The normalized spacial score (nSPS) is 18.1. The van der Waals surface area contributed by atoms with Gasteiger partial charge in [0.25, 0.3) is 5.69 Å². The summed E-state index contributed by atoms with van der Waals surface area (Å²) < 4.78 is 5.59. The summed E-state index contributed by atoms with van der Waals surface area (Å²) >= 11 is 0. The average Bonchev–Trinajstić information content (AvgIpc) is 2.93. The second kappa shape index (κ2) is 5.57. The van der Waals surface area contributed by atoms with Gasteiger partial charge in [-0.25, -0.2) is 0 Å². The van der Waals surface area contributed by atoms with Gasteiger partial charge in [-0.2, -0.15) is 5.26 Å². The van der Waals surface area contributed by atoms with E-state index in [1.54, 1.807) is 30.3 Å². The third-order valence-corrected chi connectivity index (χ3v) is 4.53. The summed E-state index contributed by atoms with van der Waals surface area (Å²) in [6.45, 7) is 0. The maximum atomic E-state index is 13.0. The second-order valence-electron chi connectivity index (χ2n) is 5.86. The van der Waals surface area contributed by atoms with E-state index in [2.05, 4.69) is 0 Å². The van der Waals surface area contributed by atoms with Gasteiger partial charge in [-0.3, -0.25) is 14.9 Å². The van der Waals surface area contributed by atoms with Crippen molar-refractivity contribution in [1.82, 2.24) is 0 Å². The molecule has 1 atom stereocenters. The number of nitro groups is 1. The molecule has 1 unspecified atom stereocenters. The van der Waals surface area contributed by atoms with Crippen LogP contribution in [0.3, 0.4) is 0 Å². The quantitative estimate of drug-likeness (QED) is 0.660. The molecule has 0 fully saturated rings. The molecule has 26 heavy (non-hydrogen) atoms. The van der Waals surface area contributed by atoms with Crippen molar-refractivity contribution in [3.05, 3.63) is 92.4 Å². The molecule has 2 aliphatic rings. The van der Waals surface area contributed by atoms with Crippen molar-refractivity contribution in [2.75, 3.05) is 0 Å². The zero-order valence-corrected chi connectivity index (χ0v) is 13.3. The number of ether oxygens (including phenoxy) is 1. The lowest BCUT2D eigenvalue weighted by atomic mass is 9.81. The number of nitrogens with zero attached hydrogens (tertiary/aromatic N) is 2. The van der Waals surface area contributed by atoms with Crippen LogP contribution in [0.15, 0.2) is 65.6 Å². The van der Waals surface area contributed by atoms with E-state index in [1.165, 1.54) is 18.2 Å². The molecule has 0 saturated carbocycles. The van der Waals surface area contributed by atoms with Crippen molar-refractivity contribution in [2.24, 2.45) is 5.73 Å². The van der Waals surface area contributed by atoms with Crippen LogP contribution in [-0.4, -0.2) is 10.7 Å². The molecule has 1 aliphatic carbocycles. The van der Waals surface area contributed by atoms with Crippen molar-refractivity contribution >= 4 is 17.2 Å². The van der Waals surface area contributed by atoms with E-state index in [1.807, 2.05) is 6.07 Å². The van der Waals surface area contributed by atoms with Crippen molar-refractivity contribution in [2.45, 2.75) is 5.92 Å². The highest BCUT2D eigenvalue weighted by molar-refractivity contribution is 6.21. The van der Waals surface area contributed by atoms with E-state index in [0.717, 1.165) is 0 Å². The lowest BCUT2D eigenvalue weighted by Crippen LogP contribution is -2.21.